The van der Waals surface area contributed by atoms with Crippen LogP contribution in [0.25, 0.3) is 0 Å². The molecule has 1 aliphatic rings. The summed E-state index contributed by atoms with van der Waals surface area (Å²) in [7, 11) is 1.63. The van der Waals surface area contributed by atoms with Crippen LogP contribution in [0.1, 0.15) is 31.4 Å². The van der Waals surface area contributed by atoms with Crippen molar-refractivity contribution in [3.8, 4) is 0 Å². The van der Waals surface area contributed by atoms with E-state index in [4.69, 9.17) is 9.47 Å². The maximum atomic E-state index is 11.6. The largest absolute Gasteiger partial charge is 0.443 e. The van der Waals surface area contributed by atoms with Gasteiger partial charge in [0.2, 0.25) is 0 Å². The van der Waals surface area contributed by atoms with Crippen LogP contribution >= 0.6 is 22.6 Å². The average molecular weight is 375 g/mol. The Balaban J connectivity index is 1.99. The first-order valence-electron chi connectivity index (χ1n) is 6.36. The molecule has 0 aliphatic heterocycles. The quantitative estimate of drug-likeness (QED) is 0.804. The van der Waals surface area contributed by atoms with Crippen molar-refractivity contribution < 1.29 is 14.3 Å². The van der Waals surface area contributed by atoms with Crippen molar-refractivity contribution in [2.45, 2.75) is 38.0 Å². The highest BCUT2D eigenvalue weighted by Crippen LogP contribution is 2.27. The van der Waals surface area contributed by atoms with Gasteiger partial charge in [-0.2, -0.15) is 0 Å². The lowest BCUT2D eigenvalue weighted by Gasteiger charge is -2.24. The van der Waals surface area contributed by atoms with Gasteiger partial charge in [-0.15, -0.1) is 0 Å². The molecule has 1 amide bonds. The zero-order valence-electron chi connectivity index (χ0n) is 11.1. The first kappa shape index (κ1) is 14.6. The van der Waals surface area contributed by atoms with E-state index < -0.39 is 0 Å². The van der Waals surface area contributed by atoms with Crippen LogP contribution in [0, 0.1) is 3.57 Å². The molecule has 2 atom stereocenters. The van der Waals surface area contributed by atoms with Gasteiger partial charge < -0.3 is 14.8 Å². The van der Waals surface area contributed by atoms with Crippen molar-refractivity contribution in [1.29, 1.82) is 0 Å². The molecule has 1 fully saturated rings. The van der Waals surface area contributed by atoms with Gasteiger partial charge in [0, 0.05) is 16.7 Å². The van der Waals surface area contributed by atoms with Crippen LogP contribution in [0.15, 0.2) is 24.3 Å². The monoisotopic (exact) mass is 375 g/mol. The van der Waals surface area contributed by atoms with Gasteiger partial charge in [-0.05, 0) is 54.0 Å². The Morgan fingerprint density at radius 2 is 2.11 bits per heavy atom. The number of carbonyl (C=O) groups excluding carboxylic acids is 1. The van der Waals surface area contributed by atoms with Crippen molar-refractivity contribution in [1.82, 2.24) is 5.32 Å². The normalized spacial score (nSPS) is 17.6. The van der Waals surface area contributed by atoms with Crippen molar-refractivity contribution in [3.63, 3.8) is 0 Å². The first-order valence-corrected chi connectivity index (χ1v) is 7.44. The molecule has 19 heavy (non-hydrogen) atoms. The molecule has 0 radical (unpaired) electrons. The summed E-state index contributed by atoms with van der Waals surface area (Å²) in [5, 5.41) is 2.81. The van der Waals surface area contributed by atoms with Crippen LogP contribution in [0.3, 0.4) is 0 Å². The molecular formula is C14H18INO3. The number of benzene rings is 1. The standard InChI is InChI=1S/C14H18INO3/c1-9(19-14(17)16-10-7-8-10)13(18-2)11-5-3-4-6-12(11)15/h3-6,9-10,13H,7-8H2,1-2H3,(H,16,17)/t9-,13+/m0/s1. The van der Waals surface area contributed by atoms with Gasteiger partial charge in [0.1, 0.15) is 12.2 Å². The zero-order chi connectivity index (χ0) is 13.8. The highest BCUT2D eigenvalue weighted by atomic mass is 127. The molecule has 0 saturated heterocycles. The highest BCUT2D eigenvalue weighted by Gasteiger charge is 2.28. The smallest absolute Gasteiger partial charge is 0.407 e. The molecule has 1 N–H and O–H groups in total. The molecule has 1 saturated carbocycles. The lowest BCUT2D eigenvalue weighted by atomic mass is 10.1. The minimum absolute atomic E-state index is 0.252. The summed E-state index contributed by atoms with van der Waals surface area (Å²) in [5.74, 6) is 0. The molecule has 0 unspecified atom stereocenters. The number of alkyl carbamates (subject to hydrolysis) is 1. The van der Waals surface area contributed by atoms with Gasteiger partial charge in [-0.3, -0.25) is 0 Å². The molecule has 0 aromatic heterocycles. The maximum absolute atomic E-state index is 11.6. The highest BCUT2D eigenvalue weighted by molar-refractivity contribution is 14.1. The summed E-state index contributed by atoms with van der Waals surface area (Å²) in [5.41, 5.74) is 1.04. The number of halogens is 1. The van der Waals surface area contributed by atoms with Crippen LogP contribution in [0.4, 0.5) is 4.79 Å². The second-order valence-corrected chi connectivity index (χ2v) is 5.87. The van der Waals surface area contributed by atoms with E-state index in [0.29, 0.717) is 6.04 Å². The molecule has 1 aromatic carbocycles. The SMILES string of the molecule is CO[C@@H](c1ccccc1I)[C@H](C)OC(=O)NC1CC1. The Kier molecular flexibility index (Phi) is 5.04. The van der Waals surface area contributed by atoms with Gasteiger partial charge in [0.15, 0.2) is 0 Å². The Bertz CT molecular complexity index is 448. The van der Waals surface area contributed by atoms with Crippen LogP contribution < -0.4 is 5.32 Å². The lowest BCUT2D eigenvalue weighted by molar-refractivity contribution is -0.0153. The number of rotatable bonds is 5. The van der Waals surface area contributed by atoms with Crippen molar-refractivity contribution >= 4 is 28.7 Å². The van der Waals surface area contributed by atoms with Crippen LogP contribution in [0.2, 0.25) is 0 Å². The zero-order valence-corrected chi connectivity index (χ0v) is 13.2. The van der Waals surface area contributed by atoms with E-state index >= 15 is 0 Å². The van der Waals surface area contributed by atoms with E-state index in [2.05, 4.69) is 27.9 Å². The fraction of sp³-hybridized carbons (Fsp3) is 0.500. The van der Waals surface area contributed by atoms with Gasteiger partial charge in [-0.25, -0.2) is 4.79 Å². The van der Waals surface area contributed by atoms with E-state index in [0.717, 1.165) is 22.0 Å². The van der Waals surface area contributed by atoms with Crippen LogP contribution in [-0.2, 0) is 9.47 Å². The predicted molar refractivity (Wildman–Crippen MR) is 81.0 cm³/mol. The third-order valence-electron chi connectivity index (χ3n) is 3.08. The Hall–Kier alpha value is -0.820. The van der Waals surface area contributed by atoms with Gasteiger partial charge in [0.25, 0.3) is 0 Å². The summed E-state index contributed by atoms with van der Waals surface area (Å²) in [4.78, 5) is 11.6. The maximum Gasteiger partial charge on any atom is 0.407 e. The molecular weight excluding hydrogens is 357 g/mol. The van der Waals surface area contributed by atoms with Crippen LogP contribution in [0.5, 0.6) is 0 Å². The van der Waals surface area contributed by atoms with E-state index in [9.17, 15) is 4.79 Å². The third kappa shape index (κ3) is 4.07. The van der Waals surface area contributed by atoms with Crippen molar-refractivity contribution in [2.24, 2.45) is 0 Å². The molecule has 2 rings (SSSR count). The first-order chi connectivity index (χ1) is 9.11. The third-order valence-corrected chi connectivity index (χ3v) is 4.07. The number of ether oxygens (including phenoxy) is 2. The van der Waals surface area contributed by atoms with Crippen molar-refractivity contribution in [3.05, 3.63) is 33.4 Å². The second kappa shape index (κ2) is 6.56. The van der Waals surface area contributed by atoms with E-state index in [1.807, 2.05) is 31.2 Å². The number of nitrogens with one attached hydrogen (secondary N) is 1. The average Bonchev–Trinajstić information content (AvgIpc) is 3.16. The molecule has 4 nitrogen and oxygen atoms in total. The molecule has 0 spiro atoms. The number of methoxy groups -OCH3 is 1. The molecule has 104 valence electrons. The topological polar surface area (TPSA) is 47.6 Å². The second-order valence-electron chi connectivity index (χ2n) is 4.71. The summed E-state index contributed by atoms with van der Waals surface area (Å²) in [6.45, 7) is 1.85. The van der Waals surface area contributed by atoms with Gasteiger partial charge in [-0.1, -0.05) is 18.2 Å². The number of hydrogen-bond acceptors (Lipinski definition) is 3. The Morgan fingerprint density at radius 3 is 2.68 bits per heavy atom. The molecule has 5 heteroatoms. The summed E-state index contributed by atoms with van der Waals surface area (Å²) >= 11 is 2.26. The number of carbonyl (C=O) groups is 1. The van der Waals surface area contributed by atoms with Crippen LogP contribution in [-0.4, -0.2) is 25.3 Å². The molecule has 0 bridgehead atoms. The molecule has 1 aromatic rings. The lowest BCUT2D eigenvalue weighted by Crippen LogP contribution is -2.32. The predicted octanol–water partition coefficient (Wildman–Crippen LogP) is 3.26. The van der Waals surface area contributed by atoms with Gasteiger partial charge in [0.05, 0.1) is 0 Å². The van der Waals surface area contributed by atoms with E-state index in [1.165, 1.54) is 0 Å². The minimum atomic E-state index is -0.358. The Morgan fingerprint density at radius 1 is 1.42 bits per heavy atom. The Labute approximate surface area is 127 Å². The number of amides is 1. The summed E-state index contributed by atoms with van der Waals surface area (Å²) < 4.78 is 12.0. The molecule has 1 aliphatic carbocycles. The molecule has 0 heterocycles. The minimum Gasteiger partial charge on any atom is -0.443 e. The van der Waals surface area contributed by atoms with E-state index in [1.54, 1.807) is 7.11 Å². The number of hydrogen-bond donors (Lipinski definition) is 1. The fourth-order valence-electron chi connectivity index (χ4n) is 1.94. The fourth-order valence-corrected chi connectivity index (χ4v) is 2.63. The summed E-state index contributed by atoms with van der Waals surface area (Å²) in [6.07, 6.45) is 1.15. The summed E-state index contributed by atoms with van der Waals surface area (Å²) in [6, 6.07) is 8.25. The van der Waals surface area contributed by atoms with Gasteiger partial charge >= 0.3 is 6.09 Å². The van der Waals surface area contributed by atoms with E-state index in [-0.39, 0.29) is 18.3 Å². The van der Waals surface area contributed by atoms with Crippen molar-refractivity contribution in [2.75, 3.05) is 7.11 Å².